The Bertz CT molecular complexity index is 395. The average Bonchev–Trinajstić information content (AvgIpc) is 2.71. The van der Waals surface area contributed by atoms with E-state index in [1.54, 1.807) is 0 Å². The third-order valence-corrected chi connectivity index (χ3v) is 4.45. The predicted octanol–water partition coefficient (Wildman–Crippen LogP) is 6.00. The molecule has 2 nitrogen and oxygen atoms in total. The zero-order valence-electron chi connectivity index (χ0n) is 14.8. The van der Waals surface area contributed by atoms with Gasteiger partial charge in [-0.15, -0.1) is 0 Å². The van der Waals surface area contributed by atoms with Crippen LogP contribution in [0.25, 0.3) is 0 Å². The molecule has 1 aromatic heterocycles. The van der Waals surface area contributed by atoms with Crippen LogP contribution in [0, 0.1) is 20.8 Å². The quantitative estimate of drug-likeness (QED) is 0.506. The second kappa shape index (κ2) is 10.0. The first-order chi connectivity index (χ1) is 10.1. The van der Waals surface area contributed by atoms with E-state index >= 15 is 0 Å². The number of unbranched alkanes of at least 4 members (excludes halogenated alkanes) is 5. The summed E-state index contributed by atoms with van der Waals surface area (Å²) in [7, 11) is 0. The first-order valence-electron chi connectivity index (χ1n) is 8.91. The molecule has 1 heterocycles. The standard InChI is InChI=1S/C19H35NO/c1-6-8-9-10-11-12-13-18(20-14-7-2)19-15(3)16(4)21-17(19)5/h18,20H,6-14H2,1-5H3. The van der Waals surface area contributed by atoms with Crippen LogP contribution in [0.1, 0.15) is 93.9 Å². The van der Waals surface area contributed by atoms with Crippen LogP contribution in [-0.2, 0) is 0 Å². The van der Waals surface area contributed by atoms with Crippen LogP contribution in [0.15, 0.2) is 4.42 Å². The van der Waals surface area contributed by atoms with Gasteiger partial charge in [0.2, 0.25) is 0 Å². The van der Waals surface area contributed by atoms with Crippen molar-refractivity contribution in [2.45, 2.75) is 92.0 Å². The second-order valence-corrected chi connectivity index (χ2v) is 6.32. The minimum absolute atomic E-state index is 0.466. The molecule has 0 bridgehead atoms. The van der Waals surface area contributed by atoms with Crippen LogP contribution in [-0.4, -0.2) is 6.54 Å². The van der Waals surface area contributed by atoms with Crippen LogP contribution in [0.2, 0.25) is 0 Å². The summed E-state index contributed by atoms with van der Waals surface area (Å²) in [5, 5.41) is 3.72. The van der Waals surface area contributed by atoms with Gasteiger partial charge in [-0.2, -0.15) is 0 Å². The van der Waals surface area contributed by atoms with Crippen molar-refractivity contribution in [3.8, 4) is 0 Å². The van der Waals surface area contributed by atoms with E-state index in [1.807, 2.05) is 0 Å². The van der Waals surface area contributed by atoms with E-state index in [-0.39, 0.29) is 0 Å². The summed E-state index contributed by atoms with van der Waals surface area (Å²) < 4.78 is 5.83. The fourth-order valence-electron chi connectivity index (χ4n) is 3.12. The zero-order chi connectivity index (χ0) is 15.7. The molecule has 0 amide bonds. The molecule has 0 fully saturated rings. The Balaban J connectivity index is 2.55. The van der Waals surface area contributed by atoms with Crippen molar-refractivity contribution < 1.29 is 4.42 Å². The highest BCUT2D eigenvalue weighted by molar-refractivity contribution is 5.34. The third-order valence-electron chi connectivity index (χ3n) is 4.45. The van der Waals surface area contributed by atoms with Gasteiger partial charge in [-0.3, -0.25) is 0 Å². The maximum atomic E-state index is 5.83. The fraction of sp³-hybridized carbons (Fsp3) is 0.789. The van der Waals surface area contributed by atoms with E-state index in [9.17, 15) is 0 Å². The summed E-state index contributed by atoms with van der Waals surface area (Å²) in [4.78, 5) is 0. The highest BCUT2D eigenvalue weighted by atomic mass is 16.3. The number of aryl methyl sites for hydroxylation is 2. The maximum absolute atomic E-state index is 5.83. The Labute approximate surface area is 131 Å². The smallest absolute Gasteiger partial charge is 0.106 e. The van der Waals surface area contributed by atoms with Crippen LogP contribution >= 0.6 is 0 Å². The van der Waals surface area contributed by atoms with Gasteiger partial charge in [0.15, 0.2) is 0 Å². The number of nitrogens with one attached hydrogen (secondary N) is 1. The van der Waals surface area contributed by atoms with Gasteiger partial charge in [0.1, 0.15) is 11.5 Å². The number of rotatable bonds is 11. The van der Waals surface area contributed by atoms with Gasteiger partial charge < -0.3 is 9.73 Å². The van der Waals surface area contributed by atoms with Gasteiger partial charge in [-0.05, 0) is 45.7 Å². The molecule has 0 saturated carbocycles. The Morgan fingerprint density at radius 2 is 1.52 bits per heavy atom. The molecular weight excluding hydrogens is 258 g/mol. The summed E-state index contributed by atoms with van der Waals surface area (Å²) in [6.45, 7) is 12.0. The van der Waals surface area contributed by atoms with Crippen LogP contribution in [0.3, 0.4) is 0 Å². The van der Waals surface area contributed by atoms with E-state index in [0.29, 0.717) is 6.04 Å². The second-order valence-electron chi connectivity index (χ2n) is 6.32. The molecule has 0 aromatic carbocycles. The number of furan rings is 1. The van der Waals surface area contributed by atoms with Gasteiger partial charge in [-0.1, -0.05) is 52.4 Å². The van der Waals surface area contributed by atoms with Gasteiger partial charge in [0, 0.05) is 11.6 Å². The molecule has 0 aliphatic rings. The molecule has 1 aromatic rings. The van der Waals surface area contributed by atoms with Crippen LogP contribution in [0.5, 0.6) is 0 Å². The summed E-state index contributed by atoms with van der Waals surface area (Å²) >= 11 is 0. The lowest BCUT2D eigenvalue weighted by atomic mass is 9.96. The largest absolute Gasteiger partial charge is 0.466 e. The first kappa shape index (κ1) is 18.3. The van der Waals surface area contributed by atoms with E-state index in [2.05, 4.69) is 39.9 Å². The van der Waals surface area contributed by atoms with Crippen molar-refractivity contribution >= 4 is 0 Å². The van der Waals surface area contributed by atoms with E-state index < -0.39 is 0 Å². The van der Waals surface area contributed by atoms with Crippen molar-refractivity contribution in [3.63, 3.8) is 0 Å². The van der Waals surface area contributed by atoms with Crippen molar-refractivity contribution in [2.75, 3.05) is 6.54 Å². The van der Waals surface area contributed by atoms with E-state index in [0.717, 1.165) is 18.1 Å². The Hall–Kier alpha value is -0.760. The first-order valence-corrected chi connectivity index (χ1v) is 8.91. The molecule has 0 aliphatic carbocycles. The molecule has 1 N–H and O–H groups in total. The Morgan fingerprint density at radius 3 is 2.10 bits per heavy atom. The van der Waals surface area contributed by atoms with Crippen LogP contribution in [0.4, 0.5) is 0 Å². The van der Waals surface area contributed by atoms with Crippen molar-refractivity contribution in [3.05, 3.63) is 22.6 Å². The molecule has 2 heteroatoms. The number of hydrogen-bond acceptors (Lipinski definition) is 2. The minimum atomic E-state index is 0.466. The maximum Gasteiger partial charge on any atom is 0.106 e. The molecule has 1 rings (SSSR count). The minimum Gasteiger partial charge on any atom is -0.466 e. The Morgan fingerprint density at radius 1 is 0.857 bits per heavy atom. The Kier molecular flexibility index (Phi) is 8.75. The highest BCUT2D eigenvalue weighted by Gasteiger charge is 2.20. The lowest BCUT2D eigenvalue weighted by Crippen LogP contribution is -2.23. The lowest BCUT2D eigenvalue weighted by Gasteiger charge is -2.19. The molecule has 21 heavy (non-hydrogen) atoms. The molecular formula is C19H35NO. The van der Waals surface area contributed by atoms with Crippen molar-refractivity contribution in [1.29, 1.82) is 0 Å². The van der Waals surface area contributed by atoms with Gasteiger partial charge in [0.25, 0.3) is 0 Å². The van der Waals surface area contributed by atoms with Gasteiger partial charge >= 0.3 is 0 Å². The summed E-state index contributed by atoms with van der Waals surface area (Å²) in [6, 6.07) is 0.466. The van der Waals surface area contributed by atoms with Crippen molar-refractivity contribution in [1.82, 2.24) is 5.32 Å². The van der Waals surface area contributed by atoms with Crippen LogP contribution < -0.4 is 5.32 Å². The SMILES string of the molecule is CCCCCCCCC(NCCC)c1c(C)oc(C)c1C. The molecule has 0 saturated heterocycles. The zero-order valence-corrected chi connectivity index (χ0v) is 14.8. The lowest BCUT2D eigenvalue weighted by molar-refractivity contribution is 0.449. The average molecular weight is 293 g/mol. The molecule has 1 atom stereocenters. The fourth-order valence-corrected chi connectivity index (χ4v) is 3.12. The van der Waals surface area contributed by atoms with Crippen molar-refractivity contribution in [2.24, 2.45) is 0 Å². The molecule has 0 aliphatic heterocycles. The highest BCUT2D eigenvalue weighted by Crippen LogP contribution is 2.30. The van der Waals surface area contributed by atoms with Gasteiger partial charge in [-0.25, -0.2) is 0 Å². The van der Waals surface area contributed by atoms with Gasteiger partial charge in [0.05, 0.1) is 0 Å². The predicted molar refractivity (Wildman–Crippen MR) is 91.9 cm³/mol. The third kappa shape index (κ3) is 5.86. The molecule has 0 spiro atoms. The van der Waals surface area contributed by atoms with E-state index in [4.69, 9.17) is 4.42 Å². The molecule has 1 unspecified atom stereocenters. The normalized spacial score (nSPS) is 12.8. The number of hydrogen-bond donors (Lipinski definition) is 1. The molecule has 0 radical (unpaired) electrons. The topological polar surface area (TPSA) is 25.2 Å². The monoisotopic (exact) mass is 293 g/mol. The molecule has 122 valence electrons. The summed E-state index contributed by atoms with van der Waals surface area (Å²) in [5.41, 5.74) is 2.75. The summed E-state index contributed by atoms with van der Waals surface area (Å²) in [5.74, 6) is 2.18. The summed E-state index contributed by atoms with van der Waals surface area (Å²) in [6.07, 6.45) is 10.6. The van der Waals surface area contributed by atoms with E-state index in [1.165, 1.54) is 62.5 Å².